The third kappa shape index (κ3) is 4.94. The van der Waals surface area contributed by atoms with E-state index in [9.17, 15) is 0 Å². The van der Waals surface area contributed by atoms with E-state index in [1.54, 1.807) is 0 Å². The summed E-state index contributed by atoms with van der Waals surface area (Å²) in [6.07, 6.45) is 3.34. The van der Waals surface area contributed by atoms with Gasteiger partial charge in [-0.2, -0.15) is 0 Å². The molecule has 1 atom stereocenters. The highest BCUT2D eigenvalue weighted by Crippen LogP contribution is 2.14. The first-order valence-electron chi connectivity index (χ1n) is 5.76. The molecule has 1 heterocycles. The zero-order chi connectivity index (χ0) is 10.4. The quantitative estimate of drug-likeness (QED) is 0.641. The third-order valence-corrected chi connectivity index (χ3v) is 3.01. The summed E-state index contributed by atoms with van der Waals surface area (Å²) < 4.78 is 0. The molecule has 0 aromatic carbocycles. The molecule has 14 heavy (non-hydrogen) atoms. The van der Waals surface area contributed by atoms with E-state index in [1.807, 2.05) is 6.92 Å². The molecule has 2 N–H and O–H groups in total. The number of nitrogens with one attached hydrogen (secondary N) is 1. The van der Waals surface area contributed by atoms with Crippen molar-refractivity contribution < 1.29 is 5.11 Å². The first kappa shape index (κ1) is 12.0. The fourth-order valence-electron chi connectivity index (χ4n) is 1.88. The molecule has 0 amide bonds. The summed E-state index contributed by atoms with van der Waals surface area (Å²) in [5.74, 6) is 0.847. The Morgan fingerprint density at radius 1 is 1.43 bits per heavy atom. The van der Waals surface area contributed by atoms with Gasteiger partial charge in [0.25, 0.3) is 0 Å². The van der Waals surface area contributed by atoms with E-state index in [0.29, 0.717) is 0 Å². The van der Waals surface area contributed by atoms with E-state index in [1.165, 1.54) is 25.9 Å². The Labute approximate surface area is 87.5 Å². The van der Waals surface area contributed by atoms with Gasteiger partial charge in [0.15, 0.2) is 0 Å². The van der Waals surface area contributed by atoms with Crippen LogP contribution >= 0.6 is 0 Å². The summed E-state index contributed by atoms with van der Waals surface area (Å²) in [5.41, 5.74) is 0. The van der Waals surface area contributed by atoms with Crippen LogP contribution in [0, 0.1) is 5.92 Å². The highest BCUT2D eigenvalue weighted by molar-refractivity contribution is 4.71. The van der Waals surface area contributed by atoms with Gasteiger partial charge in [-0.25, -0.2) is 0 Å². The number of aliphatic hydroxyl groups is 1. The van der Waals surface area contributed by atoms with Gasteiger partial charge in [-0.05, 0) is 65.3 Å². The van der Waals surface area contributed by atoms with Crippen molar-refractivity contribution >= 4 is 0 Å². The molecule has 1 saturated heterocycles. The average molecular weight is 200 g/mol. The number of hydrogen-bond acceptors (Lipinski definition) is 3. The molecule has 0 radical (unpaired) electrons. The number of nitrogens with zero attached hydrogens (tertiary/aromatic N) is 1. The summed E-state index contributed by atoms with van der Waals surface area (Å²) in [4.78, 5) is 2.40. The Morgan fingerprint density at radius 3 is 2.64 bits per heavy atom. The van der Waals surface area contributed by atoms with Crippen LogP contribution in [0.2, 0.25) is 0 Å². The monoisotopic (exact) mass is 200 g/mol. The first-order chi connectivity index (χ1) is 6.68. The molecule has 0 spiro atoms. The number of aliphatic hydroxyl groups excluding tert-OH is 1. The van der Waals surface area contributed by atoms with Gasteiger partial charge in [0.05, 0.1) is 6.10 Å². The highest BCUT2D eigenvalue weighted by Gasteiger charge is 2.15. The van der Waals surface area contributed by atoms with Crippen molar-refractivity contribution in [2.75, 3.05) is 33.2 Å². The third-order valence-electron chi connectivity index (χ3n) is 3.01. The molecule has 0 saturated carbocycles. The topological polar surface area (TPSA) is 35.5 Å². The van der Waals surface area contributed by atoms with Gasteiger partial charge in [0.1, 0.15) is 0 Å². The summed E-state index contributed by atoms with van der Waals surface area (Å²) in [6.45, 7) is 6.40. The zero-order valence-corrected chi connectivity index (χ0v) is 9.50. The molecule has 1 unspecified atom stereocenters. The van der Waals surface area contributed by atoms with Crippen LogP contribution in [-0.4, -0.2) is 49.3 Å². The second-order valence-corrected chi connectivity index (χ2v) is 4.59. The smallest absolute Gasteiger partial charge is 0.0524 e. The number of piperidine rings is 1. The van der Waals surface area contributed by atoms with Crippen LogP contribution in [0.3, 0.4) is 0 Å². The summed E-state index contributed by atoms with van der Waals surface area (Å²) in [6, 6.07) is 0. The van der Waals surface area contributed by atoms with Gasteiger partial charge >= 0.3 is 0 Å². The van der Waals surface area contributed by atoms with Crippen LogP contribution in [0.25, 0.3) is 0 Å². The fourth-order valence-corrected chi connectivity index (χ4v) is 1.88. The highest BCUT2D eigenvalue weighted by atomic mass is 16.3. The zero-order valence-electron chi connectivity index (χ0n) is 9.50. The van der Waals surface area contributed by atoms with E-state index in [0.717, 1.165) is 25.4 Å². The van der Waals surface area contributed by atoms with Gasteiger partial charge in [-0.1, -0.05) is 0 Å². The Balaban J connectivity index is 1.96. The van der Waals surface area contributed by atoms with Gasteiger partial charge in [-0.15, -0.1) is 0 Å². The van der Waals surface area contributed by atoms with E-state index < -0.39 is 0 Å². The van der Waals surface area contributed by atoms with Crippen LogP contribution in [0.1, 0.15) is 26.2 Å². The van der Waals surface area contributed by atoms with E-state index >= 15 is 0 Å². The van der Waals surface area contributed by atoms with Crippen LogP contribution in [-0.2, 0) is 0 Å². The predicted molar refractivity (Wildman–Crippen MR) is 59.4 cm³/mol. The molecule has 3 heteroatoms. The minimum absolute atomic E-state index is 0.167. The van der Waals surface area contributed by atoms with Gasteiger partial charge in [0, 0.05) is 0 Å². The Morgan fingerprint density at radius 2 is 2.07 bits per heavy atom. The lowest BCUT2D eigenvalue weighted by molar-refractivity contribution is 0.179. The molecule has 0 aromatic rings. The van der Waals surface area contributed by atoms with E-state index in [2.05, 4.69) is 17.3 Å². The Hall–Kier alpha value is -0.120. The lowest BCUT2D eigenvalue weighted by atomic mass is 9.97. The second-order valence-electron chi connectivity index (χ2n) is 4.59. The van der Waals surface area contributed by atoms with Crippen molar-refractivity contribution in [2.45, 2.75) is 32.3 Å². The van der Waals surface area contributed by atoms with Crippen molar-refractivity contribution in [3.63, 3.8) is 0 Å². The van der Waals surface area contributed by atoms with Crippen LogP contribution < -0.4 is 5.32 Å². The van der Waals surface area contributed by atoms with Crippen LogP contribution in [0.4, 0.5) is 0 Å². The molecule has 1 aliphatic heterocycles. The van der Waals surface area contributed by atoms with Crippen LogP contribution in [0.5, 0.6) is 0 Å². The normalized spacial score (nSPS) is 22.5. The molecule has 1 aliphatic rings. The van der Waals surface area contributed by atoms with Crippen molar-refractivity contribution in [1.82, 2.24) is 10.2 Å². The molecule has 1 fully saturated rings. The van der Waals surface area contributed by atoms with Crippen molar-refractivity contribution in [2.24, 2.45) is 5.92 Å². The van der Waals surface area contributed by atoms with E-state index in [-0.39, 0.29) is 6.10 Å². The Bertz CT molecular complexity index is 142. The van der Waals surface area contributed by atoms with Gasteiger partial charge in [-0.3, -0.25) is 0 Å². The molecule has 3 nitrogen and oxygen atoms in total. The number of hydrogen-bond donors (Lipinski definition) is 2. The maximum absolute atomic E-state index is 9.08. The summed E-state index contributed by atoms with van der Waals surface area (Å²) in [5, 5.41) is 12.5. The largest absolute Gasteiger partial charge is 0.393 e. The number of likely N-dealkylation sites (tertiary alicyclic amines) is 1. The average Bonchev–Trinajstić information content (AvgIpc) is 2.15. The molecule has 84 valence electrons. The molecule has 0 aromatic heterocycles. The van der Waals surface area contributed by atoms with Gasteiger partial charge in [0.2, 0.25) is 0 Å². The lowest BCUT2D eigenvalue weighted by Crippen LogP contribution is -2.35. The minimum atomic E-state index is -0.167. The predicted octanol–water partition coefficient (Wildman–Crippen LogP) is 0.689. The van der Waals surface area contributed by atoms with Crippen molar-refractivity contribution in [3.8, 4) is 0 Å². The first-order valence-corrected chi connectivity index (χ1v) is 5.76. The molecule has 1 rings (SSSR count). The summed E-state index contributed by atoms with van der Waals surface area (Å²) in [7, 11) is 2.19. The molecule has 0 aliphatic carbocycles. The Kier molecular flexibility index (Phi) is 5.45. The van der Waals surface area contributed by atoms with Gasteiger partial charge < -0.3 is 15.3 Å². The molecule has 0 bridgehead atoms. The molecular weight excluding hydrogens is 176 g/mol. The van der Waals surface area contributed by atoms with Crippen LogP contribution in [0.15, 0.2) is 0 Å². The minimum Gasteiger partial charge on any atom is -0.393 e. The number of rotatable bonds is 5. The second kappa shape index (κ2) is 6.38. The molecular formula is C11H24N2O. The van der Waals surface area contributed by atoms with Crippen molar-refractivity contribution in [1.29, 1.82) is 0 Å². The SMILES string of the molecule is CC(O)CCNCC1CCN(C)CC1. The fraction of sp³-hybridized carbons (Fsp3) is 1.00. The lowest BCUT2D eigenvalue weighted by Gasteiger charge is -2.29. The van der Waals surface area contributed by atoms with Crippen molar-refractivity contribution in [3.05, 3.63) is 0 Å². The maximum atomic E-state index is 9.08. The van der Waals surface area contributed by atoms with E-state index in [4.69, 9.17) is 5.11 Å². The summed E-state index contributed by atoms with van der Waals surface area (Å²) >= 11 is 0. The standard InChI is InChI=1S/C11H24N2O/c1-10(14)3-6-12-9-11-4-7-13(2)8-5-11/h10-12,14H,3-9H2,1-2H3. The maximum Gasteiger partial charge on any atom is 0.0524 e.